The monoisotopic (exact) mass is 571 g/mol. The van der Waals surface area contributed by atoms with E-state index in [9.17, 15) is 18.3 Å². The summed E-state index contributed by atoms with van der Waals surface area (Å²) in [6.07, 6.45) is 1.96. The first kappa shape index (κ1) is 29.7. The zero-order valence-corrected chi connectivity index (χ0v) is 23.9. The fraction of sp³-hybridized carbons (Fsp3) is 0.464. The molecule has 0 radical (unpaired) electrons. The van der Waals surface area contributed by atoms with E-state index in [0.29, 0.717) is 37.4 Å². The lowest BCUT2D eigenvalue weighted by Crippen LogP contribution is -2.47. The maximum Gasteiger partial charge on any atom is 0.242 e. The third-order valence-electron chi connectivity index (χ3n) is 7.09. The molecule has 12 heteroatoms. The molecule has 1 N–H and O–H groups in total. The minimum Gasteiger partial charge on any atom is -0.457 e. The molecule has 1 aliphatic heterocycles. The molecule has 40 heavy (non-hydrogen) atoms. The van der Waals surface area contributed by atoms with Gasteiger partial charge in [0.15, 0.2) is 0 Å². The topological polar surface area (TPSA) is 127 Å². The number of para-hydroxylation sites is 1. The number of sulfonamides is 1. The molecule has 0 fully saturated rings. The SMILES string of the molecule is C[C@H]1CN([C@@H](C)CO)C(=O)CCCn2nncc2CO[C@@H]1CN(C)S(=O)(=O)c1ccc(Oc2ccccc2)cc1. The van der Waals surface area contributed by atoms with Gasteiger partial charge in [-0.05, 0) is 49.7 Å². The zero-order valence-electron chi connectivity index (χ0n) is 23.1. The lowest BCUT2D eigenvalue weighted by Gasteiger charge is -2.35. The molecule has 1 aromatic heterocycles. The van der Waals surface area contributed by atoms with Crippen molar-refractivity contribution in [2.75, 3.05) is 26.7 Å². The summed E-state index contributed by atoms with van der Waals surface area (Å²) in [5.74, 6) is 0.870. The van der Waals surface area contributed by atoms with Crippen LogP contribution >= 0.6 is 0 Å². The van der Waals surface area contributed by atoms with E-state index in [2.05, 4.69) is 10.3 Å². The maximum absolute atomic E-state index is 13.5. The van der Waals surface area contributed by atoms with Crippen LogP contribution in [0.4, 0.5) is 0 Å². The van der Waals surface area contributed by atoms with Crippen LogP contribution in [0.15, 0.2) is 65.7 Å². The molecular weight excluding hydrogens is 534 g/mol. The number of hydrogen-bond donors (Lipinski definition) is 1. The van der Waals surface area contributed by atoms with Gasteiger partial charge in [-0.15, -0.1) is 5.10 Å². The number of fused-ring (bicyclic) bond motifs is 1. The number of aromatic nitrogens is 3. The Morgan fingerprint density at radius 2 is 1.85 bits per heavy atom. The second kappa shape index (κ2) is 13.4. The molecule has 0 saturated heterocycles. The van der Waals surface area contributed by atoms with Gasteiger partial charge in [0.2, 0.25) is 15.9 Å². The van der Waals surface area contributed by atoms with E-state index in [4.69, 9.17) is 9.47 Å². The summed E-state index contributed by atoms with van der Waals surface area (Å²) in [6, 6.07) is 15.2. The number of hydrogen-bond acceptors (Lipinski definition) is 8. The Labute approximate surface area is 235 Å². The van der Waals surface area contributed by atoms with Crippen molar-refractivity contribution in [1.82, 2.24) is 24.2 Å². The molecule has 1 aliphatic rings. The first-order chi connectivity index (χ1) is 19.2. The molecule has 3 aromatic rings. The first-order valence-electron chi connectivity index (χ1n) is 13.4. The second-order valence-electron chi connectivity index (χ2n) is 10.1. The Bertz CT molecular complexity index is 1350. The fourth-order valence-corrected chi connectivity index (χ4v) is 5.76. The Kier molecular flexibility index (Phi) is 9.90. The van der Waals surface area contributed by atoms with Crippen LogP contribution < -0.4 is 4.74 Å². The van der Waals surface area contributed by atoms with Crippen LogP contribution in [-0.4, -0.2) is 82.5 Å². The number of ether oxygens (including phenoxy) is 2. The number of aliphatic hydroxyl groups is 1. The highest BCUT2D eigenvalue weighted by molar-refractivity contribution is 7.89. The number of carbonyl (C=O) groups is 1. The van der Waals surface area contributed by atoms with Gasteiger partial charge in [0.25, 0.3) is 0 Å². The zero-order chi connectivity index (χ0) is 28.7. The van der Waals surface area contributed by atoms with Gasteiger partial charge in [-0.3, -0.25) is 4.79 Å². The molecule has 0 bridgehead atoms. The molecule has 216 valence electrons. The smallest absolute Gasteiger partial charge is 0.242 e. The van der Waals surface area contributed by atoms with Crippen LogP contribution in [0.5, 0.6) is 11.5 Å². The van der Waals surface area contributed by atoms with Gasteiger partial charge in [0, 0.05) is 39.0 Å². The Morgan fingerprint density at radius 1 is 1.15 bits per heavy atom. The van der Waals surface area contributed by atoms with Crippen molar-refractivity contribution in [3.8, 4) is 11.5 Å². The standard InChI is InChI=1S/C28H37N5O6S/c1-21-17-32(22(2)19-34)28(35)10-7-15-33-23(16-29-30-33)20-38-27(21)18-31(3)40(36,37)26-13-11-25(12-14-26)39-24-8-5-4-6-9-24/h4-6,8-9,11-14,16,21-22,27,34H,7,10,15,17-20H2,1-3H3/t21-,22-,27+/m0/s1. The third-order valence-corrected chi connectivity index (χ3v) is 8.93. The van der Waals surface area contributed by atoms with E-state index in [1.165, 1.54) is 23.5 Å². The van der Waals surface area contributed by atoms with E-state index in [0.717, 1.165) is 5.69 Å². The molecule has 2 aromatic carbocycles. The Hall–Kier alpha value is -3.32. The number of carbonyl (C=O) groups excluding carboxylic acids is 1. The minimum atomic E-state index is -3.85. The molecule has 0 unspecified atom stereocenters. The fourth-order valence-electron chi connectivity index (χ4n) is 4.58. The highest BCUT2D eigenvalue weighted by atomic mass is 32.2. The van der Waals surface area contributed by atoms with Crippen molar-refractivity contribution in [1.29, 1.82) is 0 Å². The van der Waals surface area contributed by atoms with Gasteiger partial charge in [0.05, 0.1) is 42.1 Å². The highest BCUT2D eigenvalue weighted by Gasteiger charge is 2.31. The van der Waals surface area contributed by atoms with Crippen LogP contribution in [0.1, 0.15) is 32.4 Å². The van der Waals surface area contributed by atoms with Crippen molar-refractivity contribution in [2.45, 2.75) is 56.9 Å². The van der Waals surface area contributed by atoms with E-state index in [-0.39, 0.29) is 42.5 Å². The van der Waals surface area contributed by atoms with E-state index in [1.807, 2.05) is 37.3 Å². The van der Waals surface area contributed by atoms with Gasteiger partial charge in [-0.2, -0.15) is 4.31 Å². The number of amides is 1. The first-order valence-corrected chi connectivity index (χ1v) is 14.8. The van der Waals surface area contributed by atoms with Gasteiger partial charge in [-0.25, -0.2) is 13.1 Å². The predicted octanol–water partition coefficient (Wildman–Crippen LogP) is 2.92. The van der Waals surface area contributed by atoms with Crippen LogP contribution in [0.2, 0.25) is 0 Å². The van der Waals surface area contributed by atoms with Gasteiger partial charge < -0.3 is 19.5 Å². The lowest BCUT2D eigenvalue weighted by molar-refractivity contribution is -0.136. The second-order valence-corrected chi connectivity index (χ2v) is 12.2. The largest absolute Gasteiger partial charge is 0.457 e. The van der Waals surface area contributed by atoms with Crippen LogP contribution in [0.25, 0.3) is 0 Å². The normalized spacial score (nSPS) is 19.9. The van der Waals surface area contributed by atoms with Crippen LogP contribution in [0, 0.1) is 5.92 Å². The van der Waals surface area contributed by atoms with Gasteiger partial charge in [-0.1, -0.05) is 30.3 Å². The minimum absolute atomic E-state index is 0.0584. The summed E-state index contributed by atoms with van der Waals surface area (Å²) >= 11 is 0. The number of aliphatic hydroxyl groups excluding tert-OH is 1. The number of likely N-dealkylation sites (N-methyl/N-ethyl adjacent to an activating group) is 1. The molecule has 1 amide bonds. The van der Waals surface area contributed by atoms with Crippen molar-refractivity contribution in [3.63, 3.8) is 0 Å². The van der Waals surface area contributed by atoms with E-state index < -0.39 is 16.1 Å². The average Bonchev–Trinajstić information content (AvgIpc) is 3.40. The molecule has 4 rings (SSSR count). The number of aryl methyl sites for hydroxylation is 1. The Balaban J connectivity index is 1.52. The summed E-state index contributed by atoms with van der Waals surface area (Å²) in [7, 11) is -2.33. The number of rotatable bonds is 8. The van der Waals surface area contributed by atoms with Gasteiger partial charge in [0.1, 0.15) is 11.5 Å². The van der Waals surface area contributed by atoms with Crippen molar-refractivity contribution < 1.29 is 27.8 Å². The average molecular weight is 572 g/mol. The molecule has 11 nitrogen and oxygen atoms in total. The molecule has 2 heterocycles. The summed E-state index contributed by atoms with van der Waals surface area (Å²) in [5.41, 5.74) is 0.755. The van der Waals surface area contributed by atoms with Gasteiger partial charge >= 0.3 is 0 Å². The molecule has 0 spiro atoms. The molecule has 0 aliphatic carbocycles. The molecule has 0 saturated carbocycles. The van der Waals surface area contributed by atoms with E-state index >= 15 is 0 Å². The summed E-state index contributed by atoms with van der Waals surface area (Å²) in [5, 5.41) is 17.9. The Morgan fingerprint density at radius 3 is 2.55 bits per heavy atom. The van der Waals surface area contributed by atoms with Crippen LogP contribution in [0.3, 0.4) is 0 Å². The predicted molar refractivity (Wildman–Crippen MR) is 148 cm³/mol. The number of nitrogens with zero attached hydrogens (tertiary/aromatic N) is 5. The third kappa shape index (κ3) is 7.25. The lowest BCUT2D eigenvalue weighted by atomic mass is 10.0. The van der Waals surface area contributed by atoms with E-state index in [1.54, 1.807) is 34.8 Å². The quantitative estimate of drug-likeness (QED) is 0.437. The molecule has 3 atom stereocenters. The number of benzene rings is 2. The summed E-state index contributed by atoms with van der Waals surface area (Å²) in [6.45, 7) is 4.63. The van der Waals surface area contributed by atoms with Crippen LogP contribution in [-0.2, 0) is 32.7 Å². The van der Waals surface area contributed by atoms with Crippen molar-refractivity contribution >= 4 is 15.9 Å². The summed E-state index contributed by atoms with van der Waals surface area (Å²) < 4.78 is 42.0. The summed E-state index contributed by atoms with van der Waals surface area (Å²) in [4.78, 5) is 14.8. The van der Waals surface area contributed by atoms with Crippen molar-refractivity contribution in [2.24, 2.45) is 5.92 Å². The van der Waals surface area contributed by atoms with Crippen molar-refractivity contribution in [3.05, 3.63) is 66.5 Å². The molecular formula is C28H37N5O6S. The maximum atomic E-state index is 13.5. The highest BCUT2D eigenvalue weighted by Crippen LogP contribution is 2.25.